The van der Waals surface area contributed by atoms with Gasteiger partial charge in [0.2, 0.25) is 0 Å². The van der Waals surface area contributed by atoms with Crippen molar-refractivity contribution in [2.45, 2.75) is 19.8 Å². The molecule has 0 atom stereocenters. The Labute approximate surface area is 106 Å². The SMILES string of the molecule is CC(C)c1ncccc1-c1cnc2[nH]ccc2c1. The number of hydrogen-bond donors (Lipinski definition) is 1. The average Bonchev–Trinajstić information content (AvgIpc) is 2.85. The molecule has 0 aromatic carbocycles. The molecule has 3 heterocycles. The highest BCUT2D eigenvalue weighted by atomic mass is 14.8. The minimum atomic E-state index is 0.406. The van der Waals surface area contributed by atoms with Crippen LogP contribution in [0.4, 0.5) is 0 Å². The van der Waals surface area contributed by atoms with Crippen LogP contribution in [0.25, 0.3) is 22.2 Å². The summed E-state index contributed by atoms with van der Waals surface area (Å²) in [7, 11) is 0. The maximum absolute atomic E-state index is 4.49. The first-order chi connectivity index (χ1) is 8.75. The van der Waals surface area contributed by atoms with E-state index in [1.807, 2.05) is 30.7 Å². The summed E-state index contributed by atoms with van der Waals surface area (Å²) >= 11 is 0. The van der Waals surface area contributed by atoms with Gasteiger partial charge in [0, 0.05) is 35.1 Å². The number of pyridine rings is 2. The molecule has 3 nitrogen and oxygen atoms in total. The predicted molar refractivity (Wildman–Crippen MR) is 73.4 cm³/mol. The number of aromatic amines is 1. The molecule has 0 aliphatic heterocycles. The van der Waals surface area contributed by atoms with Crippen LogP contribution in [-0.2, 0) is 0 Å². The summed E-state index contributed by atoms with van der Waals surface area (Å²) in [5.74, 6) is 0.406. The molecule has 0 aliphatic carbocycles. The number of hydrogen-bond acceptors (Lipinski definition) is 2. The lowest BCUT2D eigenvalue weighted by atomic mass is 9.98. The summed E-state index contributed by atoms with van der Waals surface area (Å²) in [5, 5.41) is 1.13. The van der Waals surface area contributed by atoms with E-state index in [4.69, 9.17) is 0 Å². The summed E-state index contributed by atoms with van der Waals surface area (Å²) in [6.45, 7) is 4.32. The Balaban J connectivity index is 2.19. The average molecular weight is 237 g/mol. The third kappa shape index (κ3) is 1.78. The Morgan fingerprint density at radius 1 is 1.17 bits per heavy atom. The van der Waals surface area contributed by atoms with Crippen LogP contribution in [0, 0.1) is 0 Å². The van der Waals surface area contributed by atoms with Gasteiger partial charge in [-0.25, -0.2) is 4.98 Å². The Kier molecular flexibility index (Phi) is 2.59. The molecule has 3 heteroatoms. The van der Waals surface area contributed by atoms with Gasteiger partial charge in [-0.3, -0.25) is 4.98 Å². The molecule has 0 bridgehead atoms. The normalized spacial score (nSPS) is 11.3. The highest BCUT2D eigenvalue weighted by Crippen LogP contribution is 2.28. The molecule has 0 saturated carbocycles. The van der Waals surface area contributed by atoms with Crippen LogP contribution in [0.1, 0.15) is 25.5 Å². The topological polar surface area (TPSA) is 41.6 Å². The fourth-order valence-corrected chi connectivity index (χ4v) is 2.21. The van der Waals surface area contributed by atoms with Crippen LogP contribution < -0.4 is 0 Å². The lowest BCUT2D eigenvalue weighted by Crippen LogP contribution is -1.96. The summed E-state index contributed by atoms with van der Waals surface area (Å²) in [6, 6.07) is 8.28. The van der Waals surface area contributed by atoms with Crippen molar-refractivity contribution in [2.24, 2.45) is 0 Å². The molecule has 0 aliphatic rings. The number of fused-ring (bicyclic) bond motifs is 1. The molecular weight excluding hydrogens is 222 g/mol. The number of nitrogens with zero attached hydrogens (tertiary/aromatic N) is 2. The van der Waals surface area contributed by atoms with Crippen LogP contribution in [0.15, 0.2) is 42.9 Å². The van der Waals surface area contributed by atoms with Crippen molar-refractivity contribution in [3.63, 3.8) is 0 Å². The van der Waals surface area contributed by atoms with E-state index in [0.717, 1.165) is 22.3 Å². The number of H-pyrrole nitrogens is 1. The predicted octanol–water partition coefficient (Wildman–Crippen LogP) is 3.75. The van der Waals surface area contributed by atoms with Gasteiger partial charge in [0.15, 0.2) is 0 Å². The maximum atomic E-state index is 4.49. The minimum Gasteiger partial charge on any atom is -0.346 e. The fraction of sp³-hybridized carbons (Fsp3) is 0.200. The highest BCUT2D eigenvalue weighted by molar-refractivity contribution is 5.81. The van der Waals surface area contributed by atoms with Crippen molar-refractivity contribution in [2.75, 3.05) is 0 Å². The van der Waals surface area contributed by atoms with Crippen LogP contribution in [0.3, 0.4) is 0 Å². The van der Waals surface area contributed by atoms with E-state index in [-0.39, 0.29) is 0 Å². The summed E-state index contributed by atoms with van der Waals surface area (Å²) in [6.07, 6.45) is 5.66. The van der Waals surface area contributed by atoms with Crippen molar-refractivity contribution < 1.29 is 0 Å². The Hall–Kier alpha value is -2.16. The molecule has 0 saturated heterocycles. The molecule has 0 radical (unpaired) electrons. The summed E-state index contributed by atoms with van der Waals surface area (Å²) in [4.78, 5) is 12.0. The lowest BCUT2D eigenvalue weighted by Gasteiger charge is -2.11. The van der Waals surface area contributed by atoms with Crippen LogP contribution >= 0.6 is 0 Å². The van der Waals surface area contributed by atoms with Crippen molar-refractivity contribution in [3.05, 3.63) is 48.5 Å². The smallest absolute Gasteiger partial charge is 0.137 e. The van der Waals surface area contributed by atoms with Gasteiger partial charge in [0.1, 0.15) is 5.65 Å². The van der Waals surface area contributed by atoms with E-state index in [0.29, 0.717) is 5.92 Å². The largest absolute Gasteiger partial charge is 0.346 e. The number of aromatic nitrogens is 3. The highest BCUT2D eigenvalue weighted by Gasteiger charge is 2.10. The molecule has 0 spiro atoms. The van der Waals surface area contributed by atoms with Crippen LogP contribution in [0.5, 0.6) is 0 Å². The molecule has 0 unspecified atom stereocenters. The van der Waals surface area contributed by atoms with Gasteiger partial charge < -0.3 is 4.98 Å². The second-order valence-corrected chi connectivity index (χ2v) is 4.73. The molecule has 0 amide bonds. The monoisotopic (exact) mass is 237 g/mol. The standard InChI is InChI=1S/C15H15N3/c1-10(2)14-13(4-3-6-16-14)12-8-11-5-7-17-15(11)18-9-12/h3-10H,1-2H3,(H,17,18). The third-order valence-electron chi connectivity index (χ3n) is 3.10. The first-order valence-corrected chi connectivity index (χ1v) is 6.14. The molecule has 3 aromatic heterocycles. The van der Waals surface area contributed by atoms with Gasteiger partial charge in [-0.2, -0.15) is 0 Å². The van der Waals surface area contributed by atoms with Crippen molar-refractivity contribution in [1.29, 1.82) is 0 Å². The first-order valence-electron chi connectivity index (χ1n) is 6.14. The Morgan fingerprint density at radius 2 is 2.06 bits per heavy atom. The van der Waals surface area contributed by atoms with E-state index in [1.165, 1.54) is 5.56 Å². The van der Waals surface area contributed by atoms with E-state index in [2.05, 4.69) is 40.9 Å². The van der Waals surface area contributed by atoms with E-state index >= 15 is 0 Å². The van der Waals surface area contributed by atoms with Crippen molar-refractivity contribution >= 4 is 11.0 Å². The lowest BCUT2D eigenvalue weighted by molar-refractivity contribution is 0.825. The van der Waals surface area contributed by atoms with Gasteiger partial charge in [-0.15, -0.1) is 0 Å². The zero-order chi connectivity index (χ0) is 12.5. The second kappa shape index (κ2) is 4.26. The van der Waals surface area contributed by atoms with Crippen molar-refractivity contribution in [3.8, 4) is 11.1 Å². The van der Waals surface area contributed by atoms with Crippen LogP contribution in [0.2, 0.25) is 0 Å². The van der Waals surface area contributed by atoms with Gasteiger partial charge in [-0.1, -0.05) is 19.9 Å². The molecule has 3 aromatic rings. The van der Waals surface area contributed by atoms with E-state index in [1.54, 1.807) is 0 Å². The zero-order valence-electron chi connectivity index (χ0n) is 10.5. The Bertz CT molecular complexity index is 683. The van der Waals surface area contributed by atoms with E-state index < -0.39 is 0 Å². The minimum absolute atomic E-state index is 0.406. The third-order valence-corrected chi connectivity index (χ3v) is 3.10. The fourth-order valence-electron chi connectivity index (χ4n) is 2.21. The van der Waals surface area contributed by atoms with Gasteiger partial charge in [0.05, 0.1) is 5.69 Å². The quantitative estimate of drug-likeness (QED) is 0.737. The molecule has 18 heavy (non-hydrogen) atoms. The van der Waals surface area contributed by atoms with Gasteiger partial charge in [-0.05, 0) is 24.1 Å². The molecule has 3 rings (SSSR count). The second-order valence-electron chi connectivity index (χ2n) is 4.73. The van der Waals surface area contributed by atoms with Crippen LogP contribution in [-0.4, -0.2) is 15.0 Å². The van der Waals surface area contributed by atoms with Crippen molar-refractivity contribution in [1.82, 2.24) is 15.0 Å². The van der Waals surface area contributed by atoms with Gasteiger partial charge in [0.25, 0.3) is 0 Å². The molecule has 1 N–H and O–H groups in total. The zero-order valence-corrected chi connectivity index (χ0v) is 10.5. The molecule has 90 valence electrons. The van der Waals surface area contributed by atoms with Gasteiger partial charge >= 0.3 is 0 Å². The maximum Gasteiger partial charge on any atom is 0.137 e. The number of nitrogens with one attached hydrogen (secondary N) is 1. The first kappa shape index (κ1) is 11.0. The summed E-state index contributed by atoms with van der Waals surface area (Å²) in [5.41, 5.74) is 4.34. The molecule has 0 fully saturated rings. The number of rotatable bonds is 2. The summed E-state index contributed by atoms with van der Waals surface area (Å²) < 4.78 is 0. The van der Waals surface area contributed by atoms with E-state index in [9.17, 15) is 0 Å². The molecular formula is C15H15N3. The Morgan fingerprint density at radius 3 is 2.89 bits per heavy atom.